The molecule has 2 N–H and O–H groups in total. The Hall–Kier alpha value is -1.34. The Balaban J connectivity index is 1.61. The predicted octanol–water partition coefficient (Wildman–Crippen LogP) is 4.73. The number of hydrogen-bond acceptors (Lipinski definition) is 2. The van der Waals surface area contributed by atoms with E-state index in [9.17, 15) is 13.2 Å². The van der Waals surface area contributed by atoms with Crippen LogP contribution in [0.5, 0.6) is 0 Å². The smallest absolute Gasteiger partial charge is 0.378 e. The second kappa shape index (κ2) is 9.22. The van der Waals surface area contributed by atoms with Gasteiger partial charge in [-0.3, -0.25) is 0 Å². The highest BCUT2D eigenvalue weighted by molar-refractivity contribution is 7.80. The lowest BCUT2D eigenvalue weighted by Crippen LogP contribution is -2.30. The van der Waals surface area contributed by atoms with Crippen LogP contribution in [-0.2, 0) is 10.9 Å². The molecule has 0 aromatic heterocycles. The van der Waals surface area contributed by atoms with Crippen molar-refractivity contribution in [1.29, 1.82) is 0 Å². The van der Waals surface area contributed by atoms with E-state index in [-0.39, 0.29) is 0 Å². The molecule has 0 amide bonds. The SMILES string of the molecule is FC(F)(F)c1ccc(NC(=S)NCCCOC2CCCCC2)cc1. The van der Waals surface area contributed by atoms with Crippen molar-refractivity contribution in [3.8, 4) is 0 Å². The molecule has 0 bridgehead atoms. The van der Waals surface area contributed by atoms with Gasteiger partial charge in [0.1, 0.15) is 0 Å². The summed E-state index contributed by atoms with van der Waals surface area (Å²) < 4.78 is 43.3. The molecule has 7 heteroatoms. The molecule has 2 rings (SSSR count). The molecule has 1 saturated carbocycles. The summed E-state index contributed by atoms with van der Waals surface area (Å²) in [6.45, 7) is 1.36. The summed E-state index contributed by atoms with van der Waals surface area (Å²) in [4.78, 5) is 0. The zero-order valence-corrected chi connectivity index (χ0v) is 14.3. The lowest BCUT2D eigenvalue weighted by Gasteiger charge is -2.22. The summed E-state index contributed by atoms with van der Waals surface area (Å²) in [5, 5.41) is 6.30. The molecule has 0 heterocycles. The first-order chi connectivity index (χ1) is 11.4. The summed E-state index contributed by atoms with van der Waals surface area (Å²) in [6, 6.07) is 4.79. The highest BCUT2D eigenvalue weighted by atomic mass is 32.1. The lowest BCUT2D eigenvalue weighted by molar-refractivity contribution is -0.137. The van der Waals surface area contributed by atoms with Crippen LogP contribution in [0.3, 0.4) is 0 Å². The summed E-state index contributed by atoms with van der Waals surface area (Å²) in [6.07, 6.45) is 3.04. The van der Waals surface area contributed by atoms with Gasteiger partial charge in [-0.05, 0) is 55.7 Å². The van der Waals surface area contributed by atoms with E-state index < -0.39 is 11.7 Å². The fraction of sp³-hybridized carbons (Fsp3) is 0.588. The van der Waals surface area contributed by atoms with Gasteiger partial charge < -0.3 is 15.4 Å². The van der Waals surface area contributed by atoms with Crippen molar-refractivity contribution in [3.63, 3.8) is 0 Å². The van der Waals surface area contributed by atoms with Gasteiger partial charge in [-0.15, -0.1) is 0 Å². The first-order valence-corrected chi connectivity index (χ1v) is 8.70. The summed E-state index contributed by atoms with van der Waals surface area (Å²) >= 11 is 5.13. The fourth-order valence-electron chi connectivity index (χ4n) is 2.67. The molecule has 3 nitrogen and oxygen atoms in total. The third kappa shape index (κ3) is 6.65. The van der Waals surface area contributed by atoms with Gasteiger partial charge in [0, 0.05) is 18.8 Å². The van der Waals surface area contributed by atoms with E-state index in [4.69, 9.17) is 17.0 Å². The Morgan fingerprint density at radius 2 is 1.79 bits per heavy atom. The van der Waals surface area contributed by atoms with E-state index in [1.165, 1.54) is 31.4 Å². The predicted molar refractivity (Wildman–Crippen MR) is 93.1 cm³/mol. The monoisotopic (exact) mass is 360 g/mol. The van der Waals surface area contributed by atoms with Gasteiger partial charge in [0.25, 0.3) is 0 Å². The van der Waals surface area contributed by atoms with Crippen LogP contribution in [0.1, 0.15) is 44.1 Å². The van der Waals surface area contributed by atoms with E-state index in [2.05, 4.69) is 10.6 Å². The molecule has 1 fully saturated rings. The van der Waals surface area contributed by atoms with Crippen LogP contribution in [0, 0.1) is 0 Å². The summed E-state index contributed by atoms with van der Waals surface area (Å²) in [5.74, 6) is 0. The van der Waals surface area contributed by atoms with Crippen molar-refractivity contribution in [1.82, 2.24) is 5.32 Å². The number of halogens is 3. The Bertz CT molecular complexity index is 514. The van der Waals surface area contributed by atoms with Crippen molar-refractivity contribution >= 4 is 23.0 Å². The Kier molecular flexibility index (Phi) is 7.30. The highest BCUT2D eigenvalue weighted by Gasteiger charge is 2.29. The zero-order valence-electron chi connectivity index (χ0n) is 13.5. The van der Waals surface area contributed by atoms with Crippen molar-refractivity contribution in [3.05, 3.63) is 29.8 Å². The van der Waals surface area contributed by atoms with Crippen LogP contribution < -0.4 is 10.6 Å². The summed E-state index contributed by atoms with van der Waals surface area (Å²) in [7, 11) is 0. The topological polar surface area (TPSA) is 33.3 Å². The van der Waals surface area contributed by atoms with E-state index in [0.29, 0.717) is 30.1 Å². The number of rotatable bonds is 6. The van der Waals surface area contributed by atoms with Crippen LogP contribution in [-0.4, -0.2) is 24.4 Å². The Labute approximate surface area is 146 Å². The molecule has 1 aromatic carbocycles. The van der Waals surface area contributed by atoms with Crippen LogP contribution in [0.25, 0.3) is 0 Å². The second-order valence-electron chi connectivity index (χ2n) is 5.94. The molecular formula is C17H23F3N2OS. The van der Waals surface area contributed by atoms with Gasteiger partial charge in [-0.2, -0.15) is 13.2 Å². The quantitative estimate of drug-likeness (QED) is 0.568. The Morgan fingerprint density at radius 1 is 1.12 bits per heavy atom. The van der Waals surface area contributed by atoms with Gasteiger partial charge in [0.2, 0.25) is 0 Å². The number of alkyl halides is 3. The molecular weight excluding hydrogens is 337 g/mol. The number of benzene rings is 1. The standard InChI is InChI=1S/C17H23F3N2OS/c18-17(19,20)13-7-9-14(10-8-13)22-16(24)21-11-4-12-23-15-5-2-1-3-6-15/h7-10,15H,1-6,11-12H2,(H2,21,22,24). The average Bonchev–Trinajstić information content (AvgIpc) is 2.55. The third-order valence-corrected chi connectivity index (χ3v) is 4.23. The van der Waals surface area contributed by atoms with Crippen molar-refractivity contribution in [2.45, 2.75) is 50.8 Å². The highest BCUT2D eigenvalue weighted by Crippen LogP contribution is 2.29. The number of ether oxygens (including phenoxy) is 1. The zero-order chi connectivity index (χ0) is 17.4. The third-order valence-electron chi connectivity index (χ3n) is 3.98. The van der Waals surface area contributed by atoms with Crippen LogP contribution in [0.2, 0.25) is 0 Å². The number of thiocarbonyl (C=S) groups is 1. The molecule has 0 radical (unpaired) electrons. The van der Waals surface area contributed by atoms with Crippen molar-refractivity contribution in [2.75, 3.05) is 18.5 Å². The molecule has 24 heavy (non-hydrogen) atoms. The van der Waals surface area contributed by atoms with Crippen molar-refractivity contribution < 1.29 is 17.9 Å². The van der Waals surface area contributed by atoms with E-state index in [1.54, 1.807) is 0 Å². The normalized spacial score (nSPS) is 16.0. The van der Waals surface area contributed by atoms with E-state index in [0.717, 1.165) is 31.4 Å². The van der Waals surface area contributed by atoms with Crippen LogP contribution in [0.4, 0.5) is 18.9 Å². The molecule has 1 aliphatic carbocycles. The lowest BCUT2D eigenvalue weighted by atomic mass is 9.98. The van der Waals surface area contributed by atoms with Crippen LogP contribution >= 0.6 is 12.2 Å². The maximum absolute atomic E-state index is 12.5. The number of hydrogen-bond donors (Lipinski definition) is 2. The number of anilines is 1. The van der Waals surface area contributed by atoms with E-state index in [1.807, 2.05) is 0 Å². The molecule has 0 atom stereocenters. The maximum atomic E-state index is 12.5. The van der Waals surface area contributed by atoms with E-state index >= 15 is 0 Å². The molecule has 0 unspecified atom stereocenters. The largest absolute Gasteiger partial charge is 0.416 e. The molecule has 0 spiro atoms. The fourth-order valence-corrected chi connectivity index (χ4v) is 2.89. The van der Waals surface area contributed by atoms with Gasteiger partial charge in [0.15, 0.2) is 5.11 Å². The van der Waals surface area contributed by atoms with Gasteiger partial charge in [-0.25, -0.2) is 0 Å². The first kappa shape index (κ1) is 19.0. The minimum Gasteiger partial charge on any atom is -0.378 e. The Morgan fingerprint density at radius 3 is 2.42 bits per heavy atom. The minimum atomic E-state index is -4.32. The van der Waals surface area contributed by atoms with Crippen LogP contribution in [0.15, 0.2) is 24.3 Å². The first-order valence-electron chi connectivity index (χ1n) is 8.29. The average molecular weight is 360 g/mol. The molecule has 1 aliphatic rings. The summed E-state index contributed by atoms with van der Waals surface area (Å²) in [5.41, 5.74) is -0.147. The second-order valence-corrected chi connectivity index (χ2v) is 6.35. The van der Waals surface area contributed by atoms with Crippen molar-refractivity contribution in [2.24, 2.45) is 0 Å². The molecule has 1 aromatic rings. The van der Waals surface area contributed by atoms with Gasteiger partial charge >= 0.3 is 6.18 Å². The minimum absolute atomic E-state index is 0.396. The molecule has 0 aliphatic heterocycles. The molecule has 0 saturated heterocycles. The maximum Gasteiger partial charge on any atom is 0.416 e. The van der Waals surface area contributed by atoms with Gasteiger partial charge in [0.05, 0.1) is 11.7 Å². The molecule has 134 valence electrons. The number of nitrogens with one attached hydrogen (secondary N) is 2. The van der Waals surface area contributed by atoms with Gasteiger partial charge in [-0.1, -0.05) is 19.3 Å².